The molecular weight excluding hydrogens is 332 g/mol. The van der Waals surface area contributed by atoms with Crippen LogP contribution in [0, 0.1) is 0 Å². The molecule has 0 spiro atoms. The number of likely N-dealkylation sites (tertiary alicyclic amines) is 1. The number of pyridine rings is 1. The number of amides is 2. The number of carbonyl (C=O) groups is 2. The molecule has 2 saturated heterocycles. The molecule has 2 N–H and O–H groups in total. The van der Waals surface area contributed by atoms with Crippen molar-refractivity contribution in [2.45, 2.75) is 18.9 Å². The lowest BCUT2D eigenvalue weighted by Crippen LogP contribution is -2.54. The molecule has 8 heteroatoms. The fourth-order valence-corrected chi connectivity index (χ4v) is 4.01. The molecule has 0 atom stereocenters. The summed E-state index contributed by atoms with van der Waals surface area (Å²) in [4.78, 5) is 35.4. The van der Waals surface area contributed by atoms with Gasteiger partial charge in [-0.3, -0.25) is 14.5 Å². The number of rotatable bonds is 2. The third kappa shape index (κ3) is 3.52. The van der Waals surface area contributed by atoms with Crippen molar-refractivity contribution in [3.8, 4) is 0 Å². The van der Waals surface area contributed by atoms with Gasteiger partial charge in [-0.15, -0.1) is 0 Å². The van der Waals surface area contributed by atoms with Crippen molar-refractivity contribution < 1.29 is 9.59 Å². The molecule has 3 aliphatic rings. The van der Waals surface area contributed by atoms with Crippen molar-refractivity contribution in [2.75, 3.05) is 63.5 Å². The van der Waals surface area contributed by atoms with Crippen LogP contribution in [0.5, 0.6) is 0 Å². The van der Waals surface area contributed by atoms with Crippen LogP contribution in [0.25, 0.3) is 0 Å². The Labute approximate surface area is 153 Å². The first kappa shape index (κ1) is 17.2. The minimum absolute atomic E-state index is 0.0110. The highest BCUT2D eigenvalue weighted by atomic mass is 16.2. The maximum atomic E-state index is 12.8. The molecule has 0 bridgehead atoms. The summed E-state index contributed by atoms with van der Waals surface area (Å²) in [6.45, 7) is 5.87. The summed E-state index contributed by atoms with van der Waals surface area (Å²) in [5.74, 6) is 0.493. The van der Waals surface area contributed by atoms with Gasteiger partial charge in [-0.1, -0.05) is 0 Å². The van der Waals surface area contributed by atoms with Gasteiger partial charge >= 0.3 is 0 Å². The van der Waals surface area contributed by atoms with E-state index in [0.717, 1.165) is 39.3 Å². The standard InChI is InChI=1S/C18H26N6O2/c1-22-4-2-14(3-5-22)23-6-8-24(9-7-23)18(26)13-10-15-17(19-11-13)20-12-16(25)21-15/h10-11,14H,2-9,12H2,1H3,(H,19,20)(H,21,25). The minimum Gasteiger partial charge on any atom is -0.359 e. The van der Waals surface area contributed by atoms with E-state index in [2.05, 4.69) is 32.5 Å². The lowest BCUT2D eigenvalue weighted by atomic mass is 10.0. The van der Waals surface area contributed by atoms with Crippen LogP contribution in [0.1, 0.15) is 23.2 Å². The van der Waals surface area contributed by atoms with Crippen LogP contribution in [-0.4, -0.2) is 90.4 Å². The van der Waals surface area contributed by atoms with E-state index in [4.69, 9.17) is 0 Å². The summed E-state index contributed by atoms with van der Waals surface area (Å²) in [5.41, 5.74) is 1.11. The van der Waals surface area contributed by atoms with Crippen LogP contribution in [0.4, 0.5) is 11.5 Å². The first-order valence-corrected chi connectivity index (χ1v) is 9.36. The number of aromatic nitrogens is 1. The van der Waals surface area contributed by atoms with Gasteiger partial charge in [-0.2, -0.15) is 0 Å². The van der Waals surface area contributed by atoms with E-state index in [1.165, 1.54) is 12.8 Å². The Morgan fingerprint density at radius 1 is 1.15 bits per heavy atom. The Kier molecular flexibility index (Phi) is 4.78. The van der Waals surface area contributed by atoms with Gasteiger partial charge in [0.1, 0.15) is 5.82 Å². The van der Waals surface area contributed by atoms with E-state index in [0.29, 0.717) is 23.1 Å². The van der Waals surface area contributed by atoms with Crippen LogP contribution < -0.4 is 10.6 Å². The molecule has 1 aromatic heterocycles. The lowest BCUT2D eigenvalue weighted by Gasteiger charge is -2.42. The number of piperazine rings is 1. The van der Waals surface area contributed by atoms with E-state index in [-0.39, 0.29) is 18.4 Å². The molecule has 26 heavy (non-hydrogen) atoms. The first-order chi connectivity index (χ1) is 12.6. The van der Waals surface area contributed by atoms with Gasteiger partial charge in [0, 0.05) is 38.4 Å². The molecule has 140 valence electrons. The van der Waals surface area contributed by atoms with E-state index < -0.39 is 0 Å². The lowest BCUT2D eigenvalue weighted by molar-refractivity contribution is -0.114. The Morgan fingerprint density at radius 3 is 2.62 bits per heavy atom. The number of fused-ring (bicyclic) bond motifs is 1. The van der Waals surface area contributed by atoms with Crippen LogP contribution >= 0.6 is 0 Å². The number of nitrogens with one attached hydrogen (secondary N) is 2. The van der Waals surface area contributed by atoms with Gasteiger partial charge in [-0.05, 0) is 39.0 Å². The fraction of sp³-hybridized carbons (Fsp3) is 0.611. The van der Waals surface area contributed by atoms with Crippen LogP contribution in [0.15, 0.2) is 12.3 Å². The number of piperidine rings is 1. The summed E-state index contributed by atoms with van der Waals surface area (Å²) in [5, 5.41) is 5.71. The molecule has 2 amide bonds. The highest BCUT2D eigenvalue weighted by Crippen LogP contribution is 2.24. The minimum atomic E-state index is -0.115. The number of carbonyl (C=O) groups excluding carboxylic acids is 2. The first-order valence-electron chi connectivity index (χ1n) is 9.36. The highest BCUT2D eigenvalue weighted by Gasteiger charge is 2.29. The Hall–Kier alpha value is -2.19. The zero-order valence-electron chi connectivity index (χ0n) is 15.2. The molecule has 0 saturated carbocycles. The van der Waals surface area contributed by atoms with E-state index >= 15 is 0 Å². The Morgan fingerprint density at radius 2 is 1.88 bits per heavy atom. The van der Waals surface area contributed by atoms with E-state index in [9.17, 15) is 9.59 Å². The average molecular weight is 358 g/mol. The third-order valence-corrected chi connectivity index (χ3v) is 5.63. The molecule has 3 aliphatic heterocycles. The van der Waals surface area contributed by atoms with Crippen molar-refractivity contribution in [1.82, 2.24) is 19.7 Å². The predicted octanol–water partition coefficient (Wildman–Crippen LogP) is 0.298. The van der Waals surface area contributed by atoms with E-state index in [1.807, 2.05) is 4.90 Å². The summed E-state index contributed by atoms with van der Waals surface area (Å²) in [6, 6.07) is 2.37. The second-order valence-electron chi connectivity index (χ2n) is 7.38. The molecular formula is C18H26N6O2. The maximum absolute atomic E-state index is 12.8. The van der Waals surface area contributed by atoms with Gasteiger partial charge in [0.2, 0.25) is 5.91 Å². The smallest absolute Gasteiger partial charge is 0.255 e. The van der Waals surface area contributed by atoms with Crippen molar-refractivity contribution in [2.24, 2.45) is 0 Å². The van der Waals surface area contributed by atoms with E-state index in [1.54, 1.807) is 12.3 Å². The zero-order chi connectivity index (χ0) is 18.1. The second kappa shape index (κ2) is 7.20. The summed E-state index contributed by atoms with van der Waals surface area (Å²) in [6.07, 6.45) is 4.02. The third-order valence-electron chi connectivity index (χ3n) is 5.63. The Bertz CT molecular complexity index is 693. The largest absolute Gasteiger partial charge is 0.359 e. The molecule has 0 aromatic carbocycles. The molecule has 1 aromatic rings. The average Bonchev–Trinajstić information content (AvgIpc) is 2.67. The molecule has 8 nitrogen and oxygen atoms in total. The van der Waals surface area contributed by atoms with Crippen molar-refractivity contribution in [3.05, 3.63) is 17.8 Å². The summed E-state index contributed by atoms with van der Waals surface area (Å²) in [7, 11) is 2.18. The van der Waals surface area contributed by atoms with Gasteiger partial charge in [0.05, 0.1) is 17.8 Å². The molecule has 2 fully saturated rings. The second-order valence-corrected chi connectivity index (χ2v) is 7.38. The normalized spacial score (nSPS) is 22.5. The topological polar surface area (TPSA) is 80.8 Å². The number of nitrogens with zero attached hydrogens (tertiary/aromatic N) is 4. The number of hydrogen-bond donors (Lipinski definition) is 2. The quantitative estimate of drug-likeness (QED) is 0.791. The summed E-state index contributed by atoms with van der Waals surface area (Å²) < 4.78 is 0. The van der Waals surface area contributed by atoms with Crippen molar-refractivity contribution in [1.29, 1.82) is 0 Å². The molecule has 0 unspecified atom stereocenters. The van der Waals surface area contributed by atoms with Crippen LogP contribution in [0.3, 0.4) is 0 Å². The molecule has 4 heterocycles. The zero-order valence-corrected chi connectivity index (χ0v) is 15.2. The van der Waals surface area contributed by atoms with Gasteiger partial charge in [0.25, 0.3) is 5.91 Å². The fourth-order valence-electron chi connectivity index (χ4n) is 4.01. The monoisotopic (exact) mass is 358 g/mol. The molecule has 0 radical (unpaired) electrons. The summed E-state index contributed by atoms with van der Waals surface area (Å²) >= 11 is 0. The highest BCUT2D eigenvalue weighted by molar-refractivity contribution is 6.02. The number of hydrogen-bond acceptors (Lipinski definition) is 6. The van der Waals surface area contributed by atoms with Gasteiger partial charge in [-0.25, -0.2) is 4.98 Å². The predicted molar refractivity (Wildman–Crippen MR) is 99.4 cm³/mol. The van der Waals surface area contributed by atoms with Crippen LogP contribution in [-0.2, 0) is 4.79 Å². The molecule has 4 rings (SSSR count). The van der Waals surface area contributed by atoms with Crippen molar-refractivity contribution in [3.63, 3.8) is 0 Å². The molecule has 0 aliphatic carbocycles. The SMILES string of the molecule is CN1CCC(N2CCN(C(=O)c3cnc4c(c3)NC(=O)CN4)CC2)CC1. The van der Waals surface area contributed by atoms with Gasteiger partial charge < -0.3 is 20.4 Å². The van der Waals surface area contributed by atoms with Crippen LogP contribution in [0.2, 0.25) is 0 Å². The maximum Gasteiger partial charge on any atom is 0.255 e. The number of anilines is 2. The van der Waals surface area contributed by atoms with Crippen molar-refractivity contribution >= 4 is 23.3 Å². The Balaban J connectivity index is 1.36. The van der Waals surface area contributed by atoms with Gasteiger partial charge in [0.15, 0.2) is 0 Å².